The Kier molecular flexibility index (Phi) is 3.22. The maximum atomic E-state index is 11.0. The number of likely N-dealkylation sites (tertiary alicyclic amines) is 1. The van der Waals surface area contributed by atoms with Crippen molar-refractivity contribution in [2.24, 2.45) is 17.8 Å². The van der Waals surface area contributed by atoms with E-state index in [0.717, 1.165) is 25.9 Å². The fourth-order valence-corrected chi connectivity index (χ4v) is 4.17. The highest BCUT2D eigenvalue weighted by molar-refractivity contribution is 5.83. The van der Waals surface area contributed by atoms with E-state index in [4.69, 9.17) is 5.11 Å². The summed E-state index contributed by atoms with van der Waals surface area (Å²) in [6.07, 6.45) is 4.32. The van der Waals surface area contributed by atoms with Crippen molar-refractivity contribution in [3.63, 3.8) is 0 Å². The van der Waals surface area contributed by atoms with Crippen molar-refractivity contribution in [1.82, 2.24) is 9.88 Å². The molecule has 2 fully saturated rings. The molecule has 22 heavy (non-hydrogen) atoms. The third kappa shape index (κ3) is 2.22. The number of carboxylic acids is 1. The van der Waals surface area contributed by atoms with Crippen molar-refractivity contribution < 1.29 is 9.90 Å². The summed E-state index contributed by atoms with van der Waals surface area (Å²) in [6, 6.07) is 8.95. The lowest BCUT2D eigenvalue weighted by Gasteiger charge is -2.26. The zero-order valence-corrected chi connectivity index (χ0v) is 12.8. The van der Waals surface area contributed by atoms with Gasteiger partial charge in [-0.2, -0.15) is 0 Å². The van der Waals surface area contributed by atoms with Crippen molar-refractivity contribution in [3.8, 4) is 0 Å². The molecule has 4 nitrogen and oxygen atoms in total. The van der Waals surface area contributed by atoms with Crippen molar-refractivity contribution in [3.05, 3.63) is 36.0 Å². The number of aryl methyl sites for hydroxylation is 1. The normalized spacial score (nSPS) is 28.7. The summed E-state index contributed by atoms with van der Waals surface area (Å²) in [5.41, 5.74) is 2.59. The zero-order valence-electron chi connectivity index (χ0n) is 12.8. The summed E-state index contributed by atoms with van der Waals surface area (Å²) in [7, 11) is 0. The molecule has 1 saturated carbocycles. The molecule has 2 aromatic rings. The lowest BCUT2D eigenvalue weighted by molar-refractivity contribution is -0.139. The minimum atomic E-state index is -0.596. The first-order chi connectivity index (χ1) is 10.6. The Bertz CT molecular complexity index is 696. The van der Waals surface area contributed by atoms with Crippen LogP contribution in [0.25, 0.3) is 10.9 Å². The van der Waals surface area contributed by atoms with Gasteiger partial charge < -0.3 is 15.0 Å². The number of benzene rings is 1. The molecule has 2 N–H and O–H groups in total. The van der Waals surface area contributed by atoms with E-state index in [2.05, 4.69) is 47.3 Å². The molecular formula is C18H22N2O2. The molecule has 0 amide bonds. The average Bonchev–Trinajstić information content (AvgIpc) is 2.87. The van der Waals surface area contributed by atoms with E-state index in [1.807, 2.05) is 0 Å². The summed E-state index contributed by atoms with van der Waals surface area (Å²) in [4.78, 5) is 16.8. The minimum absolute atomic E-state index is 0.0583. The molecule has 1 aromatic heterocycles. The molecule has 0 spiro atoms. The maximum Gasteiger partial charge on any atom is 0.307 e. The van der Waals surface area contributed by atoms with Gasteiger partial charge >= 0.3 is 5.97 Å². The monoisotopic (exact) mass is 298 g/mol. The van der Waals surface area contributed by atoms with Gasteiger partial charge in [0, 0.05) is 36.2 Å². The number of piperidine rings is 1. The van der Waals surface area contributed by atoms with Gasteiger partial charge in [0.15, 0.2) is 0 Å². The third-order valence-corrected chi connectivity index (χ3v) is 5.64. The highest BCUT2D eigenvalue weighted by Gasteiger charge is 2.59. The van der Waals surface area contributed by atoms with E-state index in [1.165, 1.54) is 16.5 Å². The van der Waals surface area contributed by atoms with Gasteiger partial charge in [0.1, 0.15) is 0 Å². The topological polar surface area (TPSA) is 56.3 Å². The van der Waals surface area contributed by atoms with E-state index in [9.17, 15) is 4.79 Å². The van der Waals surface area contributed by atoms with Crippen molar-refractivity contribution in [2.45, 2.75) is 25.8 Å². The van der Waals surface area contributed by atoms with E-state index in [1.54, 1.807) is 0 Å². The van der Waals surface area contributed by atoms with Crippen LogP contribution in [0.3, 0.4) is 0 Å². The summed E-state index contributed by atoms with van der Waals surface area (Å²) in [5, 5.41) is 10.4. The van der Waals surface area contributed by atoms with Gasteiger partial charge in [0.25, 0.3) is 0 Å². The molecule has 4 atom stereocenters. The molecule has 2 aliphatic rings. The second-order valence-corrected chi connectivity index (χ2v) is 6.89. The average molecular weight is 298 g/mol. The standard InChI is InChI=1S/C18H22N2O2/c1-11(20-9-14-15(10-20)17(14)18(21)22)6-7-12-8-19-16-5-3-2-4-13(12)16/h2-5,8,11,14-15,17,19H,6-7,9-10H2,1H3,(H,21,22)/t11?,14-,15+,17?. The third-order valence-electron chi connectivity index (χ3n) is 5.64. The molecule has 1 saturated heterocycles. The molecule has 1 aliphatic carbocycles. The van der Waals surface area contributed by atoms with Crippen LogP contribution in [0.1, 0.15) is 18.9 Å². The summed E-state index contributed by atoms with van der Waals surface area (Å²) in [5.74, 6) is 0.166. The molecule has 1 aliphatic heterocycles. The molecule has 2 heterocycles. The number of nitrogens with one attached hydrogen (secondary N) is 1. The SMILES string of the molecule is CC(CCc1c[nH]c2ccccc12)N1C[C@@H]2C(C(=O)O)[C@@H]2C1. The van der Waals surface area contributed by atoms with Gasteiger partial charge in [-0.05, 0) is 43.2 Å². The van der Waals surface area contributed by atoms with Gasteiger partial charge in [-0.15, -0.1) is 0 Å². The molecule has 0 radical (unpaired) electrons. The Morgan fingerprint density at radius 1 is 1.36 bits per heavy atom. The second-order valence-electron chi connectivity index (χ2n) is 6.89. The summed E-state index contributed by atoms with van der Waals surface area (Å²) < 4.78 is 0. The van der Waals surface area contributed by atoms with Crippen LogP contribution in [-0.2, 0) is 11.2 Å². The van der Waals surface area contributed by atoms with Crippen LogP contribution in [0, 0.1) is 17.8 Å². The molecule has 4 rings (SSSR count). The predicted molar refractivity (Wildman–Crippen MR) is 85.8 cm³/mol. The fourth-order valence-electron chi connectivity index (χ4n) is 4.17. The number of carbonyl (C=O) groups is 1. The molecule has 0 bridgehead atoms. The lowest BCUT2D eigenvalue weighted by Crippen LogP contribution is -2.34. The van der Waals surface area contributed by atoms with Crippen LogP contribution in [0.4, 0.5) is 0 Å². The second kappa shape index (κ2) is 5.13. The lowest BCUT2D eigenvalue weighted by atomic mass is 10.0. The van der Waals surface area contributed by atoms with Crippen molar-refractivity contribution in [2.75, 3.05) is 13.1 Å². The van der Waals surface area contributed by atoms with E-state index in [0.29, 0.717) is 17.9 Å². The van der Waals surface area contributed by atoms with Crippen LogP contribution in [-0.4, -0.2) is 40.1 Å². The zero-order chi connectivity index (χ0) is 15.3. The first kappa shape index (κ1) is 13.8. The Labute approximate surface area is 130 Å². The van der Waals surface area contributed by atoms with Crippen LogP contribution in [0.2, 0.25) is 0 Å². The number of nitrogens with zero attached hydrogens (tertiary/aromatic N) is 1. The van der Waals surface area contributed by atoms with Crippen molar-refractivity contribution >= 4 is 16.9 Å². The molecule has 1 aromatic carbocycles. The first-order valence-corrected chi connectivity index (χ1v) is 8.17. The Hall–Kier alpha value is -1.81. The highest BCUT2D eigenvalue weighted by Crippen LogP contribution is 2.52. The quantitative estimate of drug-likeness (QED) is 0.892. The van der Waals surface area contributed by atoms with Gasteiger partial charge in [0.2, 0.25) is 0 Å². The number of hydrogen-bond donors (Lipinski definition) is 2. The molecule has 2 unspecified atom stereocenters. The van der Waals surface area contributed by atoms with Crippen LogP contribution in [0.15, 0.2) is 30.5 Å². The fraction of sp³-hybridized carbons (Fsp3) is 0.500. The van der Waals surface area contributed by atoms with Crippen molar-refractivity contribution in [1.29, 1.82) is 0 Å². The number of rotatable bonds is 5. The number of carboxylic acid groups (broad SMARTS) is 1. The Morgan fingerprint density at radius 2 is 2.09 bits per heavy atom. The Morgan fingerprint density at radius 3 is 2.82 bits per heavy atom. The van der Waals surface area contributed by atoms with E-state index in [-0.39, 0.29) is 5.92 Å². The predicted octanol–water partition coefficient (Wildman–Crippen LogP) is 2.75. The number of H-pyrrole nitrogens is 1. The summed E-state index contributed by atoms with van der Waals surface area (Å²) in [6.45, 7) is 4.21. The number of aliphatic carboxylic acids is 1. The number of aromatic nitrogens is 1. The van der Waals surface area contributed by atoms with E-state index >= 15 is 0 Å². The molecular weight excluding hydrogens is 276 g/mol. The van der Waals surface area contributed by atoms with Gasteiger partial charge in [-0.25, -0.2) is 0 Å². The molecule has 116 valence electrons. The number of hydrogen-bond acceptors (Lipinski definition) is 2. The first-order valence-electron chi connectivity index (χ1n) is 8.17. The minimum Gasteiger partial charge on any atom is -0.481 e. The number of fused-ring (bicyclic) bond motifs is 2. The van der Waals surface area contributed by atoms with Crippen LogP contribution in [0.5, 0.6) is 0 Å². The van der Waals surface area contributed by atoms with E-state index < -0.39 is 5.97 Å². The molecule has 4 heteroatoms. The number of aromatic amines is 1. The van der Waals surface area contributed by atoms with Gasteiger partial charge in [-0.3, -0.25) is 4.79 Å². The largest absolute Gasteiger partial charge is 0.481 e. The number of para-hydroxylation sites is 1. The maximum absolute atomic E-state index is 11.0. The van der Waals surface area contributed by atoms with Gasteiger partial charge in [-0.1, -0.05) is 18.2 Å². The highest BCUT2D eigenvalue weighted by atomic mass is 16.4. The van der Waals surface area contributed by atoms with Gasteiger partial charge in [0.05, 0.1) is 5.92 Å². The van der Waals surface area contributed by atoms with Crippen LogP contribution >= 0.6 is 0 Å². The Balaban J connectivity index is 1.34. The summed E-state index contributed by atoms with van der Waals surface area (Å²) >= 11 is 0. The van der Waals surface area contributed by atoms with Crippen LogP contribution < -0.4 is 0 Å². The smallest absolute Gasteiger partial charge is 0.307 e.